The van der Waals surface area contributed by atoms with Crippen molar-refractivity contribution in [2.75, 3.05) is 14.2 Å². The molecular weight excluding hydrogens is 352 g/mol. The number of aryl methyl sites for hydroxylation is 2. The van der Waals surface area contributed by atoms with Crippen LogP contribution in [0.3, 0.4) is 0 Å². The van der Waals surface area contributed by atoms with Gasteiger partial charge in [-0.05, 0) is 42.2 Å². The molecule has 0 amide bonds. The first-order valence-corrected chi connectivity index (χ1v) is 9.01. The van der Waals surface area contributed by atoms with Crippen molar-refractivity contribution in [3.8, 4) is 11.3 Å². The molecule has 5 heteroatoms. The van der Waals surface area contributed by atoms with E-state index in [4.69, 9.17) is 9.57 Å². The van der Waals surface area contributed by atoms with Gasteiger partial charge < -0.3 is 9.57 Å². The van der Waals surface area contributed by atoms with Crippen LogP contribution in [0.25, 0.3) is 11.3 Å². The molecule has 0 atom stereocenters. The molecule has 2 aromatic carbocycles. The van der Waals surface area contributed by atoms with Gasteiger partial charge in [-0.1, -0.05) is 53.7 Å². The second-order valence-electron chi connectivity index (χ2n) is 6.19. The monoisotopic (exact) mass is 374 g/mol. The molecule has 3 aromatic rings. The molecule has 3 rings (SSSR count). The minimum Gasteiger partial charge on any atom is -0.464 e. The Hall–Kier alpha value is -3.47. The minimum absolute atomic E-state index is 0.169. The van der Waals surface area contributed by atoms with E-state index in [-0.39, 0.29) is 5.71 Å². The molecule has 1 aromatic heterocycles. The van der Waals surface area contributed by atoms with Crippen molar-refractivity contribution >= 4 is 11.7 Å². The van der Waals surface area contributed by atoms with Crippen molar-refractivity contribution < 1.29 is 14.4 Å². The Kier molecular flexibility index (Phi) is 6.52. The molecule has 0 aliphatic carbocycles. The highest BCUT2D eigenvalue weighted by Gasteiger charge is 2.18. The van der Waals surface area contributed by atoms with Crippen LogP contribution in [-0.4, -0.2) is 30.9 Å². The van der Waals surface area contributed by atoms with Crippen molar-refractivity contribution in [2.45, 2.75) is 12.8 Å². The van der Waals surface area contributed by atoms with E-state index in [1.165, 1.54) is 19.8 Å². The number of hydrogen-bond donors (Lipinski definition) is 0. The van der Waals surface area contributed by atoms with Crippen molar-refractivity contribution in [1.29, 1.82) is 0 Å². The summed E-state index contributed by atoms with van der Waals surface area (Å²) in [5, 5.41) is 3.87. The SMILES string of the molecule is CO/N=C(/C(=O)OC)c1ccccc1CCc1cccc(-c2ccccn2)c1. The maximum absolute atomic E-state index is 12.1. The van der Waals surface area contributed by atoms with Crippen LogP contribution in [0.1, 0.15) is 16.7 Å². The topological polar surface area (TPSA) is 60.8 Å². The van der Waals surface area contributed by atoms with Gasteiger partial charge >= 0.3 is 5.97 Å². The molecule has 0 saturated heterocycles. The number of nitrogens with zero attached hydrogens (tertiary/aromatic N) is 2. The summed E-state index contributed by atoms with van der Waals surface area (Å²) < 4.78 is 4.85. The zero-order valence-electron chi connectivity index (χ0n) is 16.0. The number of hydrogen-bond acceptors (Lipinski definition) is 5. The van der Waals surface area contributed by atoms with Crippen molar-refractivity contribution in [3.05, 3.63) is 89.6 Å². The number of carbonyl (C=O) groups excluding carboxylic acids is 1. The molecular formula is C23H22N2O3. The van der Waals surface area contributed by atoms with Crippen molar-refractivity contribution in [3.63, 3.8) is 0 Å². The fraction of sp³-hybridized carbons (Fsp3) is 0.174. The Labute approximate surface area is 164 Å². The van der Waals surface area contributed by atoms with Crippen LogP contribution in [0.5, 0.6) is 0 Å². The summed E-state index contributed by atoms with van der Waals surface area (Å²) in [5.74, 6) is -0.522. The van der Waals surface area contributed by atoms with Crippen LogP contribution in [0.4, 0.5) is 0 Å². The highest BCUT2D eigenvalue weighted by Crippen LogP contribution is 2.20. The summed E-state index contributed by atoms with van der Waals surface area (Å²) >= 11 is 0. The van der Waals surface area contributed by atoms with E-state index in [1.807, 2.05) is 48.5 Å². The molecule has 0 radical (unpaired) electrons. The lowest BCUT2D eigenvalue weighted by Gasteiger charge is -2.11. The Bertz CT molecular complexity index is 968. The van der Waals surface area contributed by atoms with Gasteiger partial charge in [-0.15, -0.1) is 0 Å². The van der Waals surface area contributed by atoms with Gasteiger partial charge in [0.2, 0.25) is 0 Å². The predicted octanol–water partition coefficient (Wildman–Crippen LogP) is 4.06. The van der Waals surface area contributed by atoms with Crippen LogP contribution in [-0.2, 0) is 27.2 Å². The number of pyridine rings is 1. The maximum Gasteiger partial charge on any atom is 0.360 e. The Morgan fingerprint density at radius 3 is 2.54 bits per heavy atom. The van der Waals surface area contributed by atoms with E-state index in [0.29, 0.717) is 0 Å². The number of esters is 1. The van der Waals surface area contributed by atoms with Gasteiger partial charge in [0.25, 0.3) is 0 Å². The normalized spacial score (nSPS) is 11.1. The quantitative estimate of drug-likeness (QED) is 0.355. The average Bonchev–Trinajstić information content (AvgIpc) is 2.76. The molecule has 1 heterocycles. The molecule has 5 nitrogen and oxygen atoms in total. The largest absolute Gasteiger partial charge is 0.464 e. The van der Waals surface area contributed by atoms with Gasteiger partial charge in [0, 0.05) is 17.3 Å². The Morgan fingerprint density at radius 2 is 1.79 bits per heavy atom. The lowest BCUT2D eigenvalue weighted by atomic mass is 9.96. The molecule has 142 valence electrons. The molecule has 0 aliphatic rings. The van der Waals surface area contributed by atoms with E-state index in [9.17, 15) is 4.79 Å². The third-order valence-corrected chi connectivity index (χ3v) is 4.40. The second kappa shape index (κ2) is 9.46. The lowest BCUT2D eigenvalue weighted by Crippen LogP contribution is -2.19. The molecule has 28 heavy (non-hydrogen) atoms. The fourth-order valence-electron chi connectivity index (χ4n) is 3.05. The van der Waals surface area contributed by atoms with Crippen LogP contribution in [0.2, 0.25) is 0 Å². The van der Waals surface area contributed by atoms with Crippen molar-refractivity contribution in [2.24, 2.45) is 5.16 Å². The molecule has 0 bridgehead atoms. The van der Waals surface area contributed by atoms with Crippen LogP contribution >= 0.6 is 0 Å². The number of carbonyl (C=O) groups is 1. The van der Waals surface area contributed by atoms with E-state index < -0.39 is 5.97 Å². The summed E-state index contributed by atoms with van der Waals surface area (Å²) in [5.41, 5.74) is 5.13. The molecule has 0 unspecified atom stereocenters. The number of benzene rings is 2. The first-order chi connectivity index (χ1) is 13.7. The third-order valence-electron chi connectivity index (χ3n) is 4.40. The zero-order chi connectivity index (χ0) is 19.8. The molecule has 0 saturated carbocycles. The fourth-order valence-corrected chi connectivity index (χ4v) is 3.05. The summed E-state index contributed by atoms with van der Waals surface area (Å²) in [7, 11) is 2.74. The smallest absolute Gasteiger partial charge is 0.360 e. The summed E-state index contributed by atoms with van der Waals surface area (Å²) in [6.07, 6.45) is 3.36. The maximum atomic E-state index is 12.1. The summed E-state index contributed by atoms with van der Waals surface area (Å²) in [6.45, 7) is 0. The number of ether oxygens (including phenoxy) is 1. The third kappa shape index (κ3) is 4.62. The number of rotatable bonds is 7. The van der Waals surface area contributed by atoms with Gasteiger partial charge in [-0.3, -0.25) is 4.98 Å². The van der Waals surface area contributed by atoms with Gasteiger partial charge in [-0.2, -0.15) is 0 Å². The van der Waals surface area contributed by atoms with Crippen LogP contribution in [0, 0.1) is 0 Å². The molecule has 0 N–H and O–H groups in total. The minimum atomic E-state index is -0.522. The summed E-state index contributed by atoms with van der Waals surface area (Å²) in [6, 6.07) is 21.9. The lowest BCUT2D eigenvalue weighted by molar-refractivity contribution is -0.132. The molecule has 0 spiro atoms. The predicted molar refractivity (Wildman–Crippen MR) is 109 cm³/mol. The molecule has 0 aliphatic heterocycles. The summed E-state index contributed by atoms with van der Waals surface area (Å²) in [4.78, 5) is 21.3. The van der Waals surface area contributed by atoms with Gasteiger partial charge in [0.1, 0.15) is 7.11 Å². The second-order valence-corrected chi connectivity index (χ2v) is 6.19. The number of oxime groups is 1. The first-order valence-electron chi connectivity index (χ1n) is 9.01. The van der Waals surface area contributed by atoms with Gasteiger partial charge in [-0.25, -0.2) is 4.79 Å². The van der Waals surface area contributed by atoms with E-state index in [1.54, 1.807) is 6.20 Å². The standard InChI is InChI=1S/C23H22N2O3/c1-27-23(26)22(25-28-2)20-11-4-3-9-18(20)14-13-17-8-7-10-19(16-17)21-12-5-6-15-24-21/h3-12,15-16H,13-14H2,1-2H3/b25-22+. The zero-order valence-corrected chi connectivity index (χ0v) is 16.0. The highest BCUT2D eigenvalue weighted by atomic mass is 16.6. The average molecular weight is 374 g/mol. The van der Waals surface area contributed by atoms with E-state index in [0.717, 1.165) is 35.2 Å². The Morgan fingerprint density at radius 1 is 0.964 bits per heavy atom. The van der Waals surface area contributed by atoms with Gasteiger partial charge in [0.05, 0.1) is 12.8 Å². The van der Waals surface area contributed by atoms with Crippen LogP contribution < -0.4 is 0 Å². The van der Waals surface area contributed by atoms with Crippen molar-refractivity contribution in [1.82, 2.24) is 4.98 Å². The van der Waals surface area contributed by atoms with Crippen LogP contribution in [0.15, 0.2) is 78.1 Å². The van der Waals surface area contributed by atoms with Gasteiger partial charge in [0.15, 0.2) is 5.71 Å². The van der Waals surface area contributed by atoms with E-state index in [2.05, 4.69) is 28.3 Å². The van der Waals surface area contributed by atoms with E-state index >= 15 is 0 Å². The Balaban J connectivity index is 1.83. The number of methoxy groups -OCH3 is 1. The molecule has 0 fully saturated rings. The first kappa shape index (κ1) is 19.3. The number of aromatic nitrogens is 1. The highest BCUT2D eigenvalue weighted by molar-refractivity contribution is 6.43.